The Balaban J connectivity index is 1.81. The number of methoxy groups -OCH3 is 1. The van der Waals surface area contributed by atoms with Crippen LogP contribution in [0.3, 0.4) is 0 Å². The van der Waals surface area contributed by atoms with Gasteiger partial charge in [0.2, 0.25) is 11.8 Å². The molecule has 2 N–H and O–H groups in total. The van der Waals surface area contributed by atoms with Crippen molar-refractivity contribution in [3.63, 3.8) is 0 Å². The lowest BCUT2D eigenvalue weighted by Gasteiger charge is -2.06. The lowest BCUT2D eigenvalue weighted by Crippen LogP contribution is -2.24. The van der Waals surface area contributed by atoms with Gasteiger partial charge in [-0.3, -0.25) is 9.59 Å². The summed E-state index contributed by atoms with van der Waals surface area (Å²) in [4.78, 5) is 27.9. The largest absolute Gasteiger partial charge is 0.497 e. The Morgan fingerprint density at radius 2 is 2.17 bits per heavy atom. The predicted molar refractivity (Wildman–Crippen MR) is 96.8 cm³/mol. The van der Waals surface area contributed by atoms with Crippen molar-refractivity contribution in [3.8, 4) is 5.75 Å². The number of aromatic nitrogens is 1. The zero-order valence-electron chi connectivity index (χ0n) is 13.5. The number of thiazole rings is 1. The lowest BCUT2D eigenvalue weighted by atomic mass is 10.3. The molecule has 2 aromatic rings. The smallest absolute Gasteiger partial charge is 0.234 e. The average Bonchev–Trinajstić information content (AvgIpc) is 3.00. The number of benzene rings is 1. The van der Waals surface area contributed by atoms with E-state index < -0.39 is 0 Å². The molecular formula is C16H19N3O3S2. The molecule has 0 radical (unpaired) electrons. The van der Waals surface area contributed by atoms with Crippen LogP contribution in [0.15, 0.2) is 34.0 Å². The van der Waals surface area contributed by atoms with Gasteiger partial charge in [0.1, 0.15) is 5.75 Å². The molecule has 1 aromatic carbocycles. The molecule has 0 saturated heterocycles. The lowest BCUT2D eigenvalue weighted by molar-refractivity contribution is -0.120. The molecule has 8 heteroatoms. The van der Waals surface area contributed by atoms with Gasteiger partial charge in [0.05, 0.1) is 25.0 Å². The Morgan fingerprint density at radius 1 is 1.33 bits per heavy atom. The fourth-order valence-corrected chi connectivity index (χ4v) is 3.53. The molecular weight excluding hydrogens is 346 g/mol. The summed E-state index contributed by atoms with van der Waals surface area (Å²) in [6.45, 7) is 2.48. The van der Waals surface area contributed by atoms with E-state index in [1.807, 2.05) is 24.4 Å². The molecule has 2 amide bonds. The summed E-state index contributed by atoms with van der Waals surface area (Å²) in [5.41, 5.74) is 1.41. The second-order valence-corrected chi connectivity index (χ2v) is 6.88. The Labute approximate surface area is 149 Å². The molecule has 2 rings (SSSR count). The first-order valence-corrected chi connectivity index (χ1v) is 9.25. The Morgan fingerprint density at radius 3 is 2.92 bits per heavy atom. The Kier molecular flexibility index (Phi) is 7.07. The highest BCUT2D eigenvalue weighted by molar-refractivity contribution is 8.01. The monoisotopic (exact) mass is 365 g/mol. The van der Waals surface area contributed by atoms with Gasteiger partial charge in [-0.2, -0.15) is 0 Å². The number of ether oxygens (including phenoxy) is 1. The van der Waals surface area contributed by atoms with E-state index in [0.29, 0.717) is 18.0 Å². The van der Waals surface area contributed by atoms with Gasteiger partial charge in [0, 0.05) is 23.7 Å². The van der Waals surface area contributed by atoms with Gasteiger partial charge in [0.15, 0.2) is 4.34 Å². The minimum atomic E-state index is -0.117. The highest BCUT2D eigenvalue weighted by atomic mass is 32.2. The molecule has 0 unspecified atom stereocenters. The van der Waals surface area contributed by atoms with Crippen molar-refractivity contribution in [2.75, 3.05) is 24.7 Å². The van der Waals surface area contributed by atoms with Crippen molar-refractivity contribution >= 4 is 40.6 Å². The number of likely N-dealkylation sites (N-methyl/N-ethyl adjacent to an activating group) is 1. The number of nitrogens with one attached hydrogen (secondary N) is 2. The zero-order valence-corrected chi connectivity index (χ0v) is 15.1. The van der Waals surface area contributed by atoms with Gasteiger partial charge in [-0.15, -0.1) is 11.3 Å². The van der Waals surface area contributed by atoms with E-state index >= 15 is 0 Å². The number of hydrogen-bond donors (Lipinski definition) is 2. The highest BCUT2D eigenvalue weighted by Crippen LogP contribution is 2.23. The van der Waals surface area contributed by atoms with Gasteiger partial charge >= 0.3 is 0 Å². The number of nitrogens with zero attached hydrogens (tertiary/aromatic N) is 1. The number of hydrogen-bond acceptors (Lipinski definition) is 6. The van der Waals surface area contributed by atoms with Crippen LogP contribution in [-0.2, 0) is 16.0 Å². The molecule has 0 spiro atoms. The van der Waals surface area contributed by atoms with Crippen LogP contribution in [0, 0.1) is 0 Å². The molecule has 0 aliphatic rings. The van der Waals surface area contributed by atoms with Crippen molar-refractivity contribution in [3.05, 3.63) is 35.3 Å². The summed E-state index contributed by atoms with van der Waals surface area (Å²) in [6, 6.07) is 7.20. The molecule has 1 aromatic heterocycles. The second-order valence-electron chi connectivity index (χ2n) is 4.80. The standard InChI is InChI=1S/C16H19N3O3S2/c1-3-17-14(20)8-12-9-23-16(19-12)24-10-15(21)18-11-5-4-6-13(7-11)22-2/h4-7,9H,3,8,10H2,1-2H3,(H,17,20)(H,18,21). The number of carbonyl (C=O) groups excluding carboxylic acids is 2. The second kappa shape index (κ2) is 9.29. The van der Waals surface area contributed by atoms with E-state index in [1.165, 1.54) is 23.1 Å². The summed E-state index contributed by atoms with van der Waals surface area (Å²) in [7, 11) is 1.58. The molecule has 24 heavy (non-hydrogen) atoms. The SMILES string of the molecule is CCNC(=O)Cc1csc(SCC(=O)Nc2cccc(OC)c2)n1. The Bertz CT molecular complexity index is 703. The van der Waals surface area contributed by atoms with E-state index in [9.17, 15) is 9.59 Å². The topological polar surface area (TPSA) is 80.3 Å². The number of rotatable bonds is 8. The third kappa shape index (κ3) is 5.86. The first kappa shape index (κ1) is 18.3. The zero-order chi connectivity index (χ0) is 17.4. The summed E-state index contributed by atoms with van der Waals surface area (Å²) < 4.78 is 5.89. The van der Waals surface area contributed by atoms with Crippen LogP contribution in [0.5, 0.6) is 5.75 Å². The number of carbonyl (C=O) groups is 2. The molecule has 0 bridgehead atoms. The van der Waals surface area contributed by atoms with Gasteiger partial charge in [0.25, 0.3) is 0 Å². The van der Waals surface area contributed by atoms with Crippen LogP contribution < -0.4 is 15.4 Å². The minimum absolute atomic E-state index is 0.0462. The predicted octanol–water partition coefficient (Wildman–Crippen LogP) is 2.56. The normalized spacial score (nSPS) is 10.2. The quantitative estimate of drug-likeness (QED) is 0.703. The first-order chi connectivity index (χ1) is 11.6. The Hall–Kier alpha value is -2.06. The van der Waals surface area contributed by atoms with Crippen molar-refractivity contribution in [1.82, 2.24) is 10.3 Å². The fraction of sp³-hybridized carbons (Fsp3) is 0.312. The molecule has 6 nitrogen and oxygen atoms in total. The third-order valence-corrected chi connectivity index (χ3v) is 5.00. The van der Waals surface area contributed by atoms with Crippen molar-refractivity contribution in [1.29, 1.82) is 0 Å². The summed E-state index contributed by atoms with van der Waals surface area (Å²) >= 11 is 2.79. The highest BCUT2D eigenvalue weighted by Gasteiger charge is 2.10. The number of anilines is 1. The summed E-state index contributed by atoms with van der Waals surface area (Å²) in [6.07, 6.45) is 0.265. The van der Waals surface area contributed by atoms with Gasteiger partial charge in [-0.25, -0.2) is 4.98 Å². The van der Waals surface area contributed by atoms with Crippen LogP contribution in [0.1, 0.15) is 12.6 Å². The maximum Gasteiger partial charge on any atom is 0.234 e. The van der Waals surface area contributed by atoms with Crippen LogP contribution >= 0.6 is 23.1 Å². The first-order valence-electron chi connectivity index (χ1n) is 7.38. The third-order valence-electron chi connectivity index (χ3n) is 2.93. The molecule has 1 heterocycles. The van der Waals surface area contributed by atoms with Crippen molar-refractivity contribution in [2.45, 2.75) is 17.7 Å². The van der Waals surface area contributed by atoms with E-state index in [4.69, 9.17) is 4.74 Å². The van der Waals surface area contributed by atoms with Gasteiger partial charge in [-0.05, 0) is 19.1 Å². The van der Waals surface area contributed by atoms with Crippen LogP contribution in [0.4, 0.5) is 5.69 Å². The summed E-state index contributed by atoms with van der Waals surface area (Å²) in [5.74, 6) is 0.782. The van der Waals surface area contributed by atoms with Crippen LogP contribution in [0.25, 0.3) is 0 Å². The minimum Gasteiger partial charge on any atom is -0.497 e. The van der Waals surface area contributed by atoms with Crippen LogP contribution in [0.2, 0.25) is 0 Å². The van der Waals surface area contributed by atoms with E-state index in [-0.39, 0.29) is 24.0 Å². The molecule has 128 valence electrons. The molecule has 0 fully saturated rings. The van der Waals surface area contributed by atoms with Crippen molar-refractivity contribution < 1.29 is 14.3 Å². The molecule has 0 saturated carbocycles. The van der Waals surface area contributed by atoms with Gasteiger partial charge in [-0.1, -0.05) is 17.8 Å². The average molecular weight is 365 g/mol. The van der Waals surface area contributed by atoms with Crippen LogP contribution in [-0.4, -0.2) is 36.2 Å². The number of amides is 2. The van der Waals surface area contributed by atoms with E-state index in [0.717, 1.165) is 10.0 Å². The maximum atomic E-state index is 12.0. The maximum absolute atomic E-state index is 12.0. The fourth-order valence-electron chi connectivity index (χ4n) is 1.89. The molecule has 0 atom stereocenters. The van der Waals surface area contributed by atoms with E-state index in [1.54, 1.807) is 19.2 Å². The number of thioether (sulfide) groups is 1. The molecule has 0 aliphatic carbocycles. The van der Waals surface area contributed by atoms with E-state index in [2.05, 4.69) is 15.6 Å². The summed E-state index contributed by atoms with van der Waals surface area (Å²) in [5, 5.41) is 7.40. The van der Waals surface area contributed by atoms with Gasteiger partial charge < -0.3 is 15.4 Å². The molecule has 0 aliphatic heterocycles. The van der Waals surface area contributed by atoms with Crippen molar-refractivity contribution in [2.24, 2.45) is 0 Å².